The molecule has 1 aromatic carbocycles. The molecule has 2 aromatic heterocycles. The van der Waals surface area contributed by atoms with E-state index in [4.69, 9.17) is 4.42 Å². The Morgan fingerprint density at radius 3 is 2.56 bits per heavy atom. The second-order valence-corrected chi connectivity index (χ2v) is 5.27. The minimum absolute atomic E-state index is 0.0386. The third kappa shape index (κ3) is 3.92. The maximum Gasteiger partial charge on any atom is 0.287 e. The number of amides is 2. The zero-order chi connectivity index (χ0) is 17.6. The van der Waals surface area contributed by atoms with Crippen molar-refractivity contribution in [2.75, 3.05) is 13.1 Å². The number of aromatic amines is 1. The molecule has 128 valence electrons. The van der Waals surface area contributed by atoms with Crippen LogP contribution in [0.4, 0.5) is 0 Å². The van der Waals surface area contributed by atoms with Crippen LogP contribution < -0.4 is 16.2 Å². The van der Waals surface area contributed by atoms with Gasteiger partial charge in [-0.15, -0.1) is 0 Å². The third-order valence-corrected chi connectivity index (χ3v) is 3.50. The predicted molar refractivity (Wildman–Crippen MR) is 90.4 cm³/mol. The maximum absolute atomic E-state index is 12.1. The van der Waals surface area contributed by atoms with Gasteiger partial charge in [0, 0.05) is 13.1 Å². The van der Waals surface area contributed by atoms with Gasteiger partial charge in [-0.1, -0.05) is 12.1 Å². The van der Waals surface area contributed by atoms with Gasteiger partial charge in [0.15, 0.2) is 11.6 Å². The fraction of sp³-hybridized carbons (Fsp3) is 0.176. The summed E-state index contributed by atoms with van der Waals surface area (Å²) in [5, 5.41) is 5.76. The number of rotatable bonds is 6. The molecule has 0 aliphatic heterocycles. The summed E-state index contributed by atoms with van der Waals surface area (Å²) in [6.07, 6.45) is 1.95. The molecule has 3 N–H and O–H groups in total. The van der Waals surface area contributed by atoms with Gasteiger partial charge >= 0.3 is 0 Å². The van der Waals surface area contributed by atoms with Crippen molar-refractivity contribution in [1.82, 2.24) is 20.6 Å². The van der Waals surface area contributed by atoms with E-state index in [1.165, 1.54) is 6.26 Å². The van der Waals surface area contributed by atoms with Crippen molar-refractivity contribution >= 4 is 22.7 Å². The summed E-state index contributed by atoms with van der Waals surface area (Å²) in [5.74, 6) is -0.581. The molecule has 8 heteroatoms. The Bertz CT molecular complexity index is 947. The van der Waals surface area contributed by atoms with Gasteiger partial charge < -0.3 is 20.0 Å². The molecule has 0 unspecified atom stereocenters. The molecule has 0 aliphatic rings. The van der Waals surface area contributed by atoms with Gasteiger partial charge in [0.25, 0.3) is 17.4 Å². The van der Waals surface area contributed by atoms with Crippen molar-refractivity contribution in [3.8, 4) is 0 Å². The smallest absolute Gasteiger partial charge is 0.287 e. The van der Waals surface area contributed by atoms with Gasteiger partial charge in [-0.05, 0) is 30.7 Å². The van der Waals surface area contributed by atoms with E-state index in [9.17, 15) is 14.4 Å². The van der Waals surface area contributed by atoms with E-state index in [2.05, 4.69) is 20.6 Å². The molecule has 0 atom stereocenters. The number of benzene rings is 1. The molecule has 0 saturated carbocycles. The van der Waals surface area contributed by atoms with E-state index >= 15 is 0 Å². The zero-order valence-electron chi connectivity index (χ0n) is 13.2. The Balaban J connectivity index is 1.50. The van der Waals surface area contributed by atoms with Gasteiger partial charge in [0.05, 0.1) is 17.2 Å². The Labute approximate surface area is 142 Å². The largest absolute Gasteiger partial charge is 0.459 e. The van der Waals surface area contributed by atoms with E-state index in [0.29, 0.717) is 30.4 Å². The van der Waals surface area contributed by atoms with Crippen LogP contribution in [0.2, 0.25) is 0 Å². The van der Waals surface area contributed by atoms with Crippen molar-refractivity contribution in [3.05, 3.63) is 64.6 Å². The van der Waals surface area contributed by atoms with Gasteiger partial charge in [-0.25, -0.2) is 4.98 Å². The van der Waals surface area contributed by atoms with Crippen LogP contribution in [-0.2, 0) is 0 Å². The van der Waals surface area contributed by atoms with Crippen LogP contribution >= 0.6 is 0 Å². The summed E-state index contributed by atoms with van der Waals surface area (Å²) >= 11 is 0. The highest BCUT2D eigenvalue weighted by atomic mass is 16.3. The molecule has 25 heavy (non-hydrogen) atoms. The zero-order valence-corrected chi connectivity index (χ0v) is 13.2. The molecular weight excluding hydrogens is 324 g/mol. The van der Waals surface area contributed by atoms with Crippen molar-refractivity contribution in [3.63, 3.8) is 0 Å². The minimum atomic E-state index is -0.472. The number of hydrogen-bond donors (Lipinski definition) is 3. The number of para-hydroxylation sites is 1. The molecule has 2 amide bonds. The quantitative estimate of drug-likeness (QED) is 0.580. The van der Waals surface area contributed by atoms with E-state index in [1.807, 2.05) is 0 Å². The van der Waals surface area contributed by atoms with Crippen LogP contribution in [0, 0.1) is 0 Å². The Kier molecular flexibility index (Phi) is 4.89. The number of nitrogens with zero attached hydrogens (tertiary/aromatic N) is 1. The van der Waals surface area contributed by atoms with E-state index in [1.54, 1.807) is 36.4 Å². The van der Waals surface area contributed by atoms with Gasteiger partial charge in [-0.3, -0.25) is 14.4 Å². The fourth-order valence-corrected chi connectivity index (χ4v) is 2.26. The highest BCUT2D eigenvalue weighted by Crippen LogP contribution is 2.05. The number of carbonyl (C=O) groups is 2. The molecule has 8 nitrogen and oxygen atoms in total. The van der Waals surface area contributed by atoms with Crippen LogP contribution in [0.15, 0.2) is 51.9 Å². The first-order valence-electron chi connectivity index (χ1n) is 7.74. The van der Waals surface area contributed by atoms with Crippen molar-refractivity contribution in [1.29, 1.82) is 0 Å². The van der Waals surface area contributed by atoms with Crippen molar-refractivity contribution < 1.29 is 14.0 Å². The monoisotopic (exact) mass is 340 g/mol. The number of fused-ring (bicyclic) bond motifs is 1. The molecule has 0 radical (unpaired) electrons. The predicted octanol–water partition coefficient (Wildman–Crippen LogP) is 1.07. The SMILES string of the molecule is O=C(NCCCNC(=O)c1ccco1)c1nc2ccccc2c(=O)[nH]1. The Morgan fingerprint density at radius 1 is 1.04 bits per heavy atom. The second kappa shape index (κ2) is 7.43. The van der Waals surface area contributed by atoms with Crippen LogP contribution in [0.5, 0.6) is 0 Å². The summed E-state index contributed by atoms with van der Waals surface area (Å²) in [6.45, 7) is 0.704. The topological polar surface area (TPSA) is 117 Å². The lowest BCUT2D eigenvalue weighted by Gasteiger charge is -2.06. The number of nitrogens with one attached hydrogen (secondary N) is 3. The average Bonchev–Trinajstić information content (AvgIpc) is 3.16. The molecule has 0 saturated heterocycles. The fourth-order valence-electron chi connectivity index (χ4n) is 2.26. The number of furan rings is 1. The van der Waals surface area contributed by atoms with E-state index in [-0.39, 0.29) is 23.1 Å². The first-order valence-corrected chi connectivity index (χ1v) is 7.74. The average molecular weight is 340 g/mol. The number of H-pyrrole nitrogens is 1. The first-order chi connectivity index (χ1) is 12.1. The van der Waals surface area contributed by atoms with Gasteiger partial charge in [0.2, 0.25) is 0 Å². The molecule has 0 spiro atoms. The first kappa shape index (κ1) is 16.4. The summed E-state index contributed by atoms with van der Waals surface area (Å²) in [4.78, 5) is 42.3. The number of hydrogen-bond acceptors (Lipinski definition) is 5. The molecule has 0 fully saturated rings. The second-order valence-electron chi connectivity index (χ2n) is 5.27. The number of carbonyl (C=O) groups excluding carboxylic acids is 2. The van der Waals surface area contributed by atoms with Crippen molar-refractivity contribution in [2.45, 2.75) is 6.42 Å². The lowest BCUT2D eigenvalue weighted by Crippen LogP contribution is -2.31. The minimum Gasteiger partial charge on any atom is -0.459 e. The standard InChI is InChI=1S/C17H16N4O4/c22-15-11-5-1-2-6-12(11)20-14(21-15)17(24)19-9-4-8-18-16(23)13-7-3-10-25-13/h1-3,5-7,10H,4,8-9H2,(H,18,23)(H,19,24)(H,20,21,22). The summed E-state index contributed by atoms with van der Waals surface area (Å²) in [6, 6.07) is 10.00. The van der Waals surface area contributed by atoms with Gasteiger partial charge in [-0.2, -0.15) is 0 Å². The highest BCUT2D eigenvalue weighted by Gasteiger charge is 2.11. The van der Waals surface area contributed by atoms with Crippen LogP contribution in [-0.4, -0.2) is 34.9 Å². The lowest BCUT2D eigenvalue weighted by atomic mass is 10.2. The Morgan fingerprint density at radius 2 is 1.80 bits per heavy atom. The lowest BCUT2D eigenvalue weighted by molar-refractivity contribution is 0.0925. The van der Waals surface area contributed by atoms with Crippen LogP contribution in [0.3, 0.4) is 0 Å². The van der Waals surface area contributed by atoms with E-state index in [0.717, 1.165) is 0 Å². The third-order valence-electron chi connectivity index (χ3n) is 3.50. The highest BCUT2D eigenvalue weighted by molar-refractivity contribution is 5.92. The van der Waals surface area contributed by atoms with Gasteiger partial charge in [0.1, 0.15) is 0 Å². The molecule has 0 bridgehead atoms. The number of aromatic nitrogens is 2. The summed E-state index contributed by atoms with van der Waals surface area (Å²) in [7, 11) is 0. The summed E-state index contributed by atoms with van der Waals surface area (Å²) in [5.41, 5.74) is 0.101. The maximum atomic E-state index is 12.1. The molecule has 0 aliphatic carbocycles. The van der Waals surface area contributed by atoms with Crippen LogP contribution in [0.1, 0.15) is 27.6 Å². The molecule has 3 aromatic rings. The van der Waals surface area contributed by atoms with E-state index < -0.39 is 5.91 Å². The molecular formula is C17H16N4O4. The van der Waals surface area contributed by atoms with Crippen molar-refractivity contribution in [2.24, 2.45) is 0 Å². The summed E-state index contributed by atoms with van der Waals surface area (Å²) < 4.78 is 4.97. The molecule has 3 rings (SSSR count). The Hall–Kier alpha value is -3.42. The van der Waals surface area contributed by atoms with Crippen LogP contribution in [0.25, 0.3) is 10.9 Å². The normalized spacial score (nSPS) is 10.6. The molecule has 2 heterocycles.